The van der Waals surface area contributed by atoms with Crippen molar-refractivity contribution in [3.8, 4) is 5.75 Å². The van der Waals surface area contributed by atoms with E-state index in [1.165, 1.54) is 0 Å². The molecule has 0 aliphatic rings. The summed E-state index contributed by atoms with van der Waals surface area (Å²) in [6.07, 6.45) is 1.73. The molecule has 2 aromatic rings. The van der Waals surface area contributed by atoms with Crippen LogP contribution in [0.3, 0.4) is 0 Å². The van der Waals surface area contributed by atoms with Crippen LogP contribution in [0.4, 0.5) is 0 Å². The van der Waals surface area contributed by atoms with Gasteiger partial charge in [-0.25, -0.2) is 0 Å². The molecule has 0 bridgehead atoms. The number of thiocarbonyl (C=S) groups is 1. The largest absolute Gasteiger partial charge is 0.496 e. The number of hydrogen-bond donors (Lipinski definition) is 2. The predicted octanol–water partition coefficient (Wildman–Crippen LogP) is 2.67. The van der Waals surface area contributed by atoms with Gasteiger partial charge in [0.2, 0.25) is 0 Å². The van der Waals surface area contributed by atoms with Crippen LogP contribution in [0.1, 0.15) is 12.5 Å². The smallest absolute Gasteiger partial charge is 0.186 e. The fourth-order valence-corrected chi connectivity index (χ4v) is 2.14. The van der Waals surface area contributed by atoms with E-state index in [1.54, 1.807) is 13.3 Å². The number of hydrogen-bond acceptors (Lipinski definition) is 3. The van der Waals surface area contributed by atoms with Crippen molar-refractivity contribution >= 4 is 34.3 Å². The van der Waals surface area contributed by atoms with Gasteiger partial charge in [-0.05, 0) is 36.0 Å². The van der Waals surface area contributed by atoms with E-state index >= 15 is 0 Å². The molecule has 0 radical (unpaired) electrons. The molecule has 2 N–H and O–H groups in total. The van der Waals surface area contributed by atoms with Crippen molar-refractivity contribution in [1.29, 1.82) is 0 Å². The average Bonchev–Trinajstić information content (AvgIpc) is 2.47. The van der Waals surface area contributed by atoms with E-state index in [2.05, 4.69) is 21.9 Å². The molecule has 0 heterocycles. The fourth-order valence-electron chi connectivity index (χ4n) is 1.94. The Morgan fingerprint density at radius 1 is 1.30 bits per heavy atom. The molecule has 0 aromatic heterocycles. The van der Waals surface area contributed by atoms with E-state index in [0.29, 0.717) is 5.11 Å². The molecule has 0 saturated carbocycles. The van der Waals surface area contributed by atoms with Gasteiger partial charge in [0.25, 0.3) is 0 Å². The van der Waals surface area contributed by atoms with E-state index in [0.717, 1.165) is 28.6 Å². The third-order valence-corrected chi connectivity index (χ3v) is 3.08. The van der Waals surface area contributed by atoms with E-state index in [-0.39, 0.29) is 0 Å². The predicted molar refractivity (Wildman–Crippen MR) is 87.5 cm³/mol. The highest BCUT2D eigenvalue weighted by Crippen LogP contribution is 2.26. The Kier molecular flexibility index (Phi) is 4.90. The second-order valence-electron chi connectivity index (χ2n) is 4.13. The summed E-state index contributed by atoms with van der Waals surface area (Å²) in [5, 5.41) is 9.87. The lowest BCUT2D eigenvalue weighted by molar-refractivity contribution is 0.415. The van der Waals surface area contributed by atoms with E-state index in [9.17, 15) is 0 Å². The van der Waals surface area contributed by atoms with Gasteiger partial charge < -0.3 is 10.1 Å². The summed E-state index contributed by atoms with van der Waals surface area (Å²) in [4.78, 5) is 0. The summed E-state index contributed by atoms with van der Waals surface area (Å²) in [7, 11) is 1.65. The van der Waals surface area contributed by atoms with Gasteiger partial charge in [0, 0.05) is 12.1 Å². The van der Waals surface area contributed by atoms with Gasteiger partial charge in [-0.1, -0.05) is 30.3 Å². The van der Waals surface area contributed by atoms with Gasteiger partial charge in [-0.15, -0.1) is 0 Å². The van der Waals surface area contributed by atoms with Crippen LogP contribution in [0.2, 0.25) is 0 Å². The summed E-state index contributed by atoms with van der Waals surface area (Å²) >= 11 is 5.06. The van der Waals surface area contributed by atoms with Gasteiger partial charge in [0.15, 0.2) is 5.11 Å². The molecule has 0 fully saturated rings. The highest BCUT2D eigenvalue weighted by Gasteiger charge is 2.05. The molecule has 20 heavy (non-hydrogen) atoms. The molecule has 0 amide bonds. The zero-order valence-electron chi connectivity index (χ0n) is 11.5. The Labute approximate surface area is 123 Å². The summed E-state index contributed by atoms with van der Waals surface area (Å²) in [6.45, 7) is 2.74. The van der Waals surface area contributed by atoms with Crippen LogP contribution >= 0.6 is 12.2 Å². The van der Waals surface area contributed by atoms with Crippen LogP contribution < -0.4 is 15.5 Å². The van der Waals surface area contributed by atoms with E-state index < -0.39 is 0 Å². The first-order valence-corrected chi connectivity index (χ1v) is 6.79. The van der Waals surface area contributed by atoms with Gasteiger partial charge in [-0.3, -0.25) is 5.43 Å². The maximum Gasteiger partial charge on any atom is 0.186 e. The second kappa shape index (κ2) is 6.86. The topological polar surface area (TPSA) is 45.7 Å². The first-order chi connectivity index (χ1) is 9.76. The number of benzene rings is 2. The van der Waals surface area contributed by atoms with Crippen LogP contribution in [-0.4, -0.2) is 25.0 Å². The third-order valence-electron chi connectivity index (χ3n) is 2.85. The van der Waals surface area contributed by atoms with Crippen molar-refractivity contribution in [2.45, 2.75) is 6.92 Å². The molecule has 2 rings (SSSR count). The van der Waals surface area contributed by atoms with Crippen LogP contribution in [0.15, 0.2) is 41.5 Å². The molecular weight excluding hydrogens is 270 g/mol. The summed E-state index contributed by atoms with van der Waals surface area (Å²) in [6, 6.07) is 12.1. The molecule has 5 heteroatoms. The molecular formula is C15H17N3OS. The Hall–Kier alpha value is -2.14. The van der Waals surface area contributed by atoms with Crippen molar-refractivity contribution in [1.82, 2.24) is 10.7 Å². The molecule has 0 saturated heterocycles. The molecule has 0 spiro atoms. The Morgan fingerprint density at radius 3 is 2.85 bits per heavy atom. The average molecular weight is 287 g/mol. The number of rotatable bonds is 4. The first-order valence-electron chi connectivity index (χ1n) is 6.39. The quantitative estimate of drug-likeness (QED) is 0.515. The van der Waals surface area contributed by atoms with Gasteiger partial charge in [-0.2, -0.15) is 5.10 Å². The Balaban J connectivity index is 2.31. The summed E-state index contributed by atoms with van der Waals surface area (Å²) in [5.41, 5.74) is 3.71. The van der Waals surface area contributed by atoms with E-state index in [1.807, 2.05) is 37.3 Å². The zero-order valence-corrected chi connectivity index (χ0v) is 12.3. The number of ether oxygens (including phenoxy) is 1. The molecule has 0 atom stereocenters. The SMILES string of the molecule is CCNC(=S)N/N=C\c1c(OC)ccc2ccccc12. The Bertz CT molecular complexity index is 640. The van der Waals surface area contributed by atoms with Crippen molar-refractivity contribution in [3.05, 3.63) is 42.0 Å². The monoisotopic (exact) mass is 287 g/mol. The summed E-state index contributed by atoms with van der Waals surface area (Å²) < 4.78 is 5.39. The minimum absolute atomic E-state index is 0.503. The van der Waals surface area contributed by atoms with Crippen LogP contribution in [0.5, 0.6) is 5.75 Å². The van der Waals surface area contributed by atoms with Crippen molar-refractivity contribution in [3.63, 3.8) is 0 Å². The van der Waals surface area contributed by atoms with Gasteiger partial charge >= 0.3 is 0 Å². The molecule has 0 aliphatic carbocycles. The molecule has 4 nitrogen and oxygen atoms in total. The molecule has 0 unspecified atom stereocenters. The molecule has 2 aromatic carbocycles. The van der Waals surface area contributed by atoms with Crippen molar-refractivity contribution < 1.29 is 4.74 Å². The normalized spacial score (nSPS) is 10.7. The van der Waals surface area contributed by atoms with Crippen molar-refractivity contribution in [2.24, 2.45) is 5.10 Å². The maximum atomic E-state index is 5.39. The van der Waals surface area contributed by atoms with Crippen LogP contribution in [0, 0.1) is 0 Å². The minimum Gasteiger partial charge on any atom is -0.496 e. The number of nitrogens with one attached hydrogen (secondary N) is 2. The lowest BCUT2D eigenvalue weighted by Gasteiger charge is -2.08. The lowest BCUT2D eigenvalue weighted by Crippen LogP contribution is -2.31. The highest BCUT2D eigenvalue weighted by molar-refractivity contribution is 7.80. The maximum absolute atomic E-state index is 5.39. The van der Waals surface area contributed by atoms with E-state index in [4.69, 9.17) is 17.0 Å². The third kappa shape index (κ3) is 3.24. The minimum atomic E-state index is 0.503. The zero-order chi connectivity index (χ0) is 14.4. The van der Waals surface area contributed by atoms with Gasteiger partial charge in [0.1, 0.15) is 5.75 Å². The Morgan fingerprint density at radius 2 is 2.10 bits per heavy atom. The van der Waals surface area contributed by atoms with Crippen LogP contribution in [-0.2, 0) is 0 Å². The van der Waals surface area contributed by atoms with Gasteiger partial charge in [0.05, 0.1) is 13.3 Å². The lowest BCUT2D eigenvalue weighted by atomic mass is 10.0. The second-order valence-corrected chi connectivity index (χ2v) is 4.54. The fraction of sp³-hybridized carbons (Fsp3) is 0.200. The summed E-state index contributed by atoms with van der Waals surface area (Å²) in [5.74, 6) is 0.781. The molecule has 0 aliphatic heterocycles. The standard InChI is InChI=1S/C15H17N3OS/c1-3-16-15(20)18-17-10-13-12-7-5-4-6-11(12)8-9-14(13)19-2/h4-10H,3H2,1-2H3,(H2,16,18,20)/b17-10-. The number of fused-ring (bicyclic) bond motifs is 1. The number of hydrazone groups is 1. The highest BCUT2D eigenvalue weighted by atomic mass is 32.1. The number of methoxy groups -OCH3 is 1. The van der Waals surface area contributed by atoms with Crippen molar-refractivity contribution in [2.75, 3.05) is 13.7 Å². The first kappa shape index (κ1) is 14.3. The number of nitrogens with zero attached hydrogens (tertiary/aromatic N) is 1. The molecule has 104 valence electrons. The van der Waals surface area contributed by atoms with Crippen LogP contribution in [0.25, 0.3) is 10.8 Å².